The van der Waals surface area contributed by atoms with Crippen LogP contribution in [0.1, 0.15) is 16.2 Å². The van der Waals surface area contributed by atoms with E-state index < -0.39 is 17.7 Å². The molecule has 0 aliphatic heterocycles. The van der Waals surface area contributed by atoms with Crippen LogP contribution < -0.4 is 10.6 Å². The molecule has 9 nitrogen and oxygen atoms in total. The van der Waals surface area contributed by atoms with Gasteiger partial charge in [0.05, 0.1) is 0 Å². The Kier molecular flexibility index (Phi) is 4.34. The van der Waals surface area contributed by atoms with Gasteiger partial charge in [-0.1, -0.05) is 0 Å². The lowest BCUT2D eigenvalue weighted by Gasteiger charge is -2.08. The number of carbonyl (C=O) groups excluding carboxylic acids is 1. The molecule has 0 spiro atoms. The molecule has 0 fully saturated rings. The molecule has 1 aromatic carbocycles. The number of anilines is 1. The first-order valence-corrected chi connectivity index (χ1v) is 6.01. The fourth-order valence-corrected chi connectivity index (χ4v) is 1.61. The van der Waals surface area contributed by atoms with Crippen molar-refractivity contribution in [2.45, 2.75) is 6.42 Å². The molecule has 110 valence electrons. The maximum atomic E-state index is 11.6. The Morgan fingerprint density at radius 1 is 1.33 bits per heavy atom. The van der Waals surface area contributed by atoms with Crippen molar-refractivity contribution in [3.8, 4) is 5.75 Å². The molecule has 2 amide bonds. The normalized spacial score (nSPS) is 10.1. The van der Waals surface area contributed by atoms with Gasteiger partial charge >= 0.3 is 12.0 Å². The van der Waals surface area contributed by atoms with Crippen molar-refractivity contribution in [1.82, 2.24) is 20.5 Å². The second-order valence-electron chi connectivity index (χ2n) is 4.10. The first-order chi connectivity index (χ1) is 10.1. The topological polar surface area (TPSA) is 140 Å². The molecule has 1 heterocycles. The molecule has 0 aliphatic rings. The van der Waals surface area contributed by atoms with Crippen molar-refractivity contribution in [2.24, 2.45) is 0 Å². The average molecular weight is 291 g/mol. The number of benzene rings is 1. The standard InChI is InChI=1S/C12H13N5O4/c18-9-5-7(1-2-8(9)11(19)20)16-12(21)13-4-3-10-14-6-15-17-10/h1-2,5-6,18H,3-4H2,(H,19,20)(H2,13,16,21)(H,14,15,17). The third-order valence-electron chi connectivity index (χ3n) is 2.60. The number of urea groups is 1. The van der Waals surface area contributed by atoms with Crippen LogP contribution in [0.2, 0.25) is 0 Å². The largest absolute Gasteiger partial charge is 0.507 e. The molecule has 9 heteroatoms. The number of hydrogen-bond acceptors (Lipinski definition) is 5. The summed E-state index contributed by atoms with van der Waals surface area (Å²) < 4.78 is 0. The minimum atomic E-state index is -1.24. The number of aromatic carboxylic acids is 1. The smallest absolute Gasteiger partial charge is 0.339 e. The lowest BCUT2D eigenvalue weighted by Crippen LogP contribution is -2.30. The minimum absolute atomic E-state index is 0.230. The number of amides is 2. The van der Waals surface area contributed by atoms with E-state index in [0.717, 1.165) is 0 Å². The van der Waals surface area contributed by atoms with E-state index in [9.17, 15) is 14.7 Å². The monoisotopic (exact) mass is 291 g/mol. The van der Waals surface area contributed by atoms with Gasteiger partial charge in [0.1, 0.15) is 23.5 Å². The van der Waals surface area contributed by atoms with Crippen LogP contribution in [-0.4, -0.2) is 43.9 Å². The van der Waals surface area contributed by atoms with Crippen molar-refractivity contribution < 1.29 is 19.8 Å². The molecule has 2 rings (SSSR count). The van der Waals surface area contributed by atoms with Gasteiger partial charge in [0.25, 0.3) is 0 Å². The van der Waals surface area contributed by atoms with Crippen LogP contribution in [-0.2, 0) is 6.42 Å². The van der Waals surface area contributed by atoms with E-state index in [-0.39, 0.29) is 11.3 Å². The molecule has 2 aromatic rings. The zero-order chi connectivity index (χ0) is 15.2. The van der Waals surface area contributed by atoms with E-state index in [4.69, 9.17) is 5.11 Å². The van der Waals surface area contributed by atoms with Crippen molar-refractivity contribution in [3.63, 3.8) is 0 Å². The number of hydrogen-bond donors (Lipinski definition) is 5. The molecule has 0 unspecified atom stereocenters. The van der Waals surface area contributed by atoms with E-state index in [1.54, 1.807) is 0 Å². The van der Waals surface area contributed by atoms with Gasteiger partial charge in [-0.15, -0.1) is 0 Å². The summed E-state index contributed by atoms with van der Waals surface area (Å²) in [4.78, 5) is 26.2. The third-order valence-corrected chi connectivity index (χ3v) is 2.60. The van der Waals surface area contributed by atoms with Gasteiger partial charge in [-0.2, -0.15) is 5.10 Å². The molecule has 0 radical (unpaired) electrons. The second kappa shape index (κ2) is 6.37. The summed E-state index contributed by atoms with van der Waals surface area (Å²) in [7, 11) is 0. The van der Waals surface area contributed by atoms with Gasteiger partial charge in [-0.05, 0) is 12.1 Å². The number of carboxylic acid groups (broad SMARTS) is 1. The summed E-state index contributed by atoms with van der Waals surface area (Å²) in [5.41, 5.74) is 0.0564. The molecular formula is C12H13N5O4. The van der Waals surface area contributed by atoms with Crippen LogP contribution in [0.3, 0.4) is 0 Å². The number of aromatic amines is 1. The predicted octanol–water partition coefficient (Wildman–Crippen LogP) is 0.573. The van der Waals surface area contributed by atoms with Gasteiger partial charge in [-0.25, -0.2) is 14.6 Å². The summed E-state index contributed by atoms with van der Waals surface area (Å²) in [6, 6.07) is 3.29. The summed E-state index contributed by atoms with van der Waals surface area (Å²) in [6.07, 6.45) is 1.87. The molecule has 1 aromatic heterocycles. The average Bonchev–Trinajstić information content (AvgIpc) is 2.91. The maximum Gasteiger partial charge on any atom is 0.339 e. The Labute approximate surface area is 119 Å². The van der Waals surface area contributed by atoms with Crippen LogP contribution in [0.15, 0.2) is 24.5 Å². The highest BCUT2D eigenvalue weighted by Gasteiger charge is 2.10. The van der Waals surface area contributed by atoms with Gasteiger partial charge in [0.2, 0.25) is 0 Å². The number of aromatic nitrogens is 3. The van der Waals surface area contributed by atoms with Crippen molar-refractivity contribution in [2.75, 3.05) is 11.9 Å². The van der Waals surface area contributed by atoms with Crippen LogP contribution >= 0.6 is 0 Å². The van der Waals surface area contributed by atoms with Gasteiger partial charge in [-0.3, -0.25) is 5.10 Å². The SMILES string of the molecule is O=C(NCCc1ncn[nH]1)Nc1ccc(C(=O)O)c(O)c1. The fraction of sp³-hybridized carbons (Fsp3) is 0.167. The number of nitrogens with one attached hydrogen (secondary N) is 3. The molecule has 0 saturated carbocycles. The molecule has 0 atom stereocenters. The van der Waals surface area contributed by atoms with Crippen molar-refractivity contribution in [3.05, 3.63) is 35.9 Å². The van der Waals surface area contributed by atoms with Crippen LogP contribution in [0.4, 0.5) is 10.5 Å². The lowest BCUT2D eigenvalue weighted by molar-refractivity contribution is 0.0694. The summed E-state index contributed by atoms with van der Waals surface area (Å²) in [5.74, 6) is -1.00. The first kappa shape index (κ1) is 14.3. The molecule has 5 N–H and O–H groups in total. The summed E-state index contributed by atoms with van der Waals surface area (Å²) >= 11 is 0. The van der Waals surface area contributed by atoms with E-state index in [1.807, 2.05) is 0 Å². The zero-order valence-electron chi connectivity index (χ0n) is 10.8. The molecule has 0 bridgehead atoms. The minimum Gasteiger partial charge on any atom is -0.507 e. The molecule has 21 heavy (non-hydrogen) atoms. The van der Waals surface area contributed by atoms with Crippen LogP contribution in [0.5, 0.6) is 5.75 Å². The molecular weight excluding hydrogens is 278 g/mol. The molecule has 0 saturated heterocycles. The Morgan fingerprint density at radius 2 is 2.14 bits per heavy atom. The fourth-order valence-electron chi connectivity index (χ4n) is 1.61. The van der Waals surface area contributed by atoms with E-state index >= 15 is 0 Å². The number of aromatic hydroxyl groups is 1. The van der Waals surface area contributed by atoms with Gasteiger partial charge < -0.3 is 20.8 Å². The first-order valence-electron chi connectivity index (χ1n) is 6.01. The van der Waals surface area contributed by atoms with Crippen LogP contribution in [0, 0.1) is 0 Å². The Balaban J connectivity index is 1.85. The maximum absolute atomic E-state index is 11.6. The number of phenols is 1. The van der Waals surface area contributed by atoms with Crippen molar-refractivity contribution >= 4 is 17.7 Å². The summed E-state index contributed by atoms with van der Waals surface area (Å²) in [5, 5.41) is 29.7. The number of nitrogens with zero attached hydrogens (tertiary/aromatic N) is 2. The highest BCUT2D eigenvalue weighted by molar-refractivity contribution is 5.93. The Hall–Kier alpha value is -3.10. The molecule has 0 aliphatic carbocycles. The zero-order valence-corrected chi connectivity index (χ0v) is 10.8. The Bertz CT molecular complexity index is 641. The van der Waals surface area contributed by atoms with E-state index in [0.29, 0.717) is 18.8 Å². The summed E-state index contributed by atoms with van der Waals surface area (Å²) in [6.45, 7) is 0.347. The van der Waals surface area contributed by atoms with Gasteiger partial charge in [0, 0.05) is 24.7 Å². The van der Waals surface area contributed by atoms with E-state index in [1.165, 1.54) is 24.5 Å². The lowest BCUT2D eigenvalue weighted by atomic mass is 10.2. The second-order valence-corrected chi connectivity index (χ2v) is 4.10. The van der Waals surface area contributed by atoms with Gasteiger partial charge in [0.15, 0.2) is 0 Å². The Morgan fingerprint density at radius 3 is 2.76 bits per heavy atom. The predicted molar refractivity (Wildman–Crippen MR) is 72.2 cm³/mol. The number of H-pyrrole nitrogens is 1. The quantitative estimate of drug-likeness (QED) is 0.545. The number of rotatable bonds is 5. The number of carboxylic acids is 1. The third kappa shape index (κ3) is 3.93. The highest BCUT2D eigenvalue weighted by atomic mass is 16.4. The van der Waals surface area contributed by atoms with Crippen molar-refractivity contribution in [1.29, 1.82) is 0 Å². The van der Waals surface area contributed by atoms with E-state index in [2.05, 4.69) is 25.8 Å². The van der Waals surface area contributed by atoms with Crippen LogP contribution in [0.25, 0.3) is 0 Å². The highest BCUT2D eigenvalue weighted by Crippen LogP contribution is 2.21. The number of carbonyl (C=O) groups is 2.